The highest BCUT2D eigenvalue weighted by Gasteiger charge is 2.58. The maximum Gasteiger partial charge on any atom is 0.330 e. The van der Waals surface area contributed by atoms with Gasteiger partial charge in [-0.2, -0.15) is 0 Å². The molecule has 0 saturated carbocycles. The van der Waals surface area contributed by atoms with Gasteiger partial charge in [-0.3, -0.25) is 19.8 Å². The van der Waals surface area contributed by atoms with Crippen LogP contribution in [0.4, 0.5) is 10.8 Å². The van der Waals surface area contributed by atoms with Crippen LogP contribution < -0.4 is 15.0 Å². The van der Waals surface area contributed by atoms with Gasteiger partial charge in [-0.1, -0.05) is 53.7 Å². The van der Waals surface area contributed by atoms with Crippen molar-refractivity contribution in [1.29, 1.82) is 0 Å². The summed E-state index contributed by atoms with van der Waals surface area (Å²) in [4.78, 5) is 46.4. The average Bonchev–Trinajstić information content (AvgIpc) is 3.47. The van der Waals surface area contributed by atoms with Gasteiger partial charge in [0, 0.05) is 34.3 Å². The van der Waals surface area contributed by atoms with Crippen molar-refractivity contribution in [3.8, 4) is 5.75 Å². The maximum absolute atomic E-state index is 14.3. The van der Waals surface area contributed by atoms with Crippen molar-refractivity contribution in [1.82, 2.24) is 4.98 Å². The zero-order valence-electron chi connectivity index (χ0n) is 23.4. The number of benzene rings is 2. The van der Waals surface area contributed by atoms with Gasteiger partial charge in [0.1, 0.15) is 5.75 Å². The Bertz CT molecular complexity index is 1410. The second-order valence-electron chi connectivity index (χ2n) is 11.4. The first-order valence-corrected chi connectivity index (χ1v) is 13.8. The number of carbonyl (C=O) groups excluding carboxylic acids is 2. The number of methoxy groups -OCH3 is 1. The summed E-state index contributed by atoms with van der Waals surface area (Å²) in [5.41, 5.74) is 0.699. The van der Waals surface area contributed by atoms with E-state index >= 15 is 0 Å². The van der Waals surface area contributed by atoms with Crippen LogP contribution in [0.3, 0.4) is 0 Å². The van der Waals surface area contributed by atoms with E-state index in [0.717, 1.165) is 5.56 Å². The predicted molar refractivity (Wildman–Crippen MR) is 153 cm³/mol. The molecule has 2 unspecified atom stereocenters. The third-order valence-electron chi connectivity index (χ3n) is 7.32. The number of aliphatic carboxylic acids is 1. The number of hydrogen-bond donors (Lipinski definition) is 2. The van der Waals surface area contributed by atoms with E-state index in [2.05, 4.69) is 31.1 Å². The van der Waals surface area contributed by atoms with Gasteiger partial charge in [-0.15, -0.1) is 11.3 Å². The summed E-state index contributed by atoms with van der Waals surface area (Å²) in [6, 6.07) is 10.3. The molecule has 39 heavy (non-hydrogen) atoms. The molecule has 1 aliphatic rings. The number of aromatic nitrogens is 1. The molecular weight excluding hydrogens is 514 g/mol. The molecule has 4 rings (SSSR count). The number of fused-ring (bicyclic) bond motifs is 1. The lowest BCUT2D eigenvalue weighted by atomic mass is 9.76. The first-order chi connectivity index (χ1) is 18.3. The third-order valence-corrected chi connectivity index (χ3v) is 8.01. The number of amides is 2. The number of hydrogen-bond acceptors (Lipinski definition) is 6. The molecule has 8 nitrogen and oxygen atoms in total. The standard InChI is InChI=1S/C30H35N3O5S/c1-17(2)16-30(27(36)37)18(3)24-20(25(34)32-28-31-13-14-39-28)9-8-10-22(24)33(30)26(35)19-11-12-21(29(4,5)6)23(15-19)38-7/h8-15,17-18H,16H2,1-7H3,(H,36,37)(H,31,32,34). The van der Waals surface area contributed by atoms with Crippen molar-refractivity contribution in [2.75, 3.05) is 17.3 Å². The van der Waals surface area contributed by atoms with E-state index in [1.807, 2.05) is 19.9 Å². The molecule has 1 aliphatic heterocycles. The number of thiazole rings is 1. The highest BCUT2D eigenvalue weighted by atomic mass is 32.1. The number of anilines is 2. The molecule has 0 bridgehead atoms. The fourth-order valence-electron chi connectivity index (χ4n) is 5.62. The SMILES string of the molecule is COc1cc(C(=O)N2c3cccc(C(=O)Nc4nccs4)c3C(C)C2(CC(C)C)C(=O)O)ccc1C(C)(C)C. The van der Waals surface area contributed by atoms with Gasteiger partial charge in [0.2, 0.25) is 0 Å². The minimum Gasteiger partial charge on any atom is -0.496 e. The zero-order valence-corrected chi connectivity index (χ0v) is 24.2. The molecule has 1 aromatic heterocycles. The van der Waals surface area contributed by atoms with Crippen molar-refractivity contribution in [2.24, 2.45) is 5.92 Å². The molecule has 2 aromatic carbocycles. The fourth-order valence-corrected chi connectivity index (χ4v) is 6.14. The largest absolute Gasteiger partial charge is 0.496 e. The number of ether oxygens (including phenoxy) is 1. The lowest BCUT2D eigenvalue weighted by Crippen LogP contribution is -2.58. The highest BCUT2D eigenvalue weighted by Crippen LogP contribution is 2.52. The summed E-state index contributed by atoms with van der Waals surface area (Å²) >= 11 is 1.29. The van der Waals surface area contributed by atoms with Crippen LogP contribution >= 0.6 is 11.3 Å². The molecule has 2 atom stereocenters. The van der Waals surface area contributed by atoms with Gasteiger partial charge in [-0.25, -0.2) is 9.78 Å². The Balaban J connectivity index is 1.91. The van der Waals surface area contributed by atoms with Crippen LogP contribution in [0.25, 0.3) is 0 Å². The fraction of sp³-hybridized carbons (Fsp3) is 0.400. The summed E-state index contributed by atoms with van der Waals surface area (Å²) in [7, 11) is 1.56. The van der Waals surface area contributed by atoms with E-state index < -0.39 is 29.2 Å². The Morgan fingerprint density at radius 2 is 1.92 bits per heavy atom. The van der Waals surface area contributed by atoms with E-state index in [9.17, 15) is 19.5 Å². The van der Waals surface area contributed by atoms with Crippen LogP contribution in [0.5, 0.6) is 5.75 Å². The van der Waals surface area contributed by atoms with Crippen molar-refractivity contribution in [2.45, 2.75) is 64.8 Å². The van der Waals surface area contributed by atoms with E-state index in [4.69, 9.17) is 4.74 Å². The van der Waals surface area contributed by atoms with Gasteiger partial charge in [0.05, 0.1) is 7.11 Å². The number of carbonyl (C=O) groups is 3. The third kappa shape index (κ3) is 4.91. The minimum atomic E-state index is -1.60. The summed E-state index contributed by atoms with van der Waals surface area (Å²) in [6.07, 6.45) is 1.80. The van der Waals surface area contributed by atoms with Crippen molar-refractivity contribution >= 4 is 39.9 Å². The highest BCUT2D eigenvalue weighted by molar-refractivity contribution is 7.13. The molecule has 2 heterocycles. The Labute approximate surface area is 233 Å². The predicted octanol–water partition coefficient (Wildman–Crippen LogP) is 6.33. The van der Waals surface area contributed by atoms with Crippen LogP contribution in [-0.2, 0) is 10.2 Å². The molecule has 0 aliphatic carbocycles. The number of nitrogens with one attached hydrogen (secondary N) is 1. The molecule has 206 valence electrons. The maximum atomic E-state index is 14.3. The lowest BCUT2D eigenvalue weighted by molar-refractivity contribution is -0.144. The summed E-state index contributed by atoms with van der Waals surface area (Å²) in [6.45, 7) is 11.8. The quantitative estimate of drug-likeness (QED) is 0.356. The first kappa shape index (κ1) is 28.3. The molecule has 2 amide bonds. The minimum absolute atomic E-state index is 0.0430. The van der Waals surface area contributed by atoms with Gasteiger partial charge >= 0.3 is 5.97 Å². The molecule has 0 fully saturated rings. The monoisotopic (exact) mass is 549 g/mol. The second kappa shape index (κ2) is 10.4. The number of carboxylic acids is 1. The topological polar surface area (TPSA) is 109 Å². The van der Waals surface area contributed by atoms with Crippen LogP contribution in [0.1, 0.15) is 85.7 Å². The molecule has 9 heteroatoms. The van der Waals surface area contributed by atoms with Crippen LogP contribution in [0.2, 0.25) is 0 Å². The van der Waals surface area contributed by atoms with Gasteiger partial charge < -0.3 is 9.84 Å². The van der Waals surface area contributed by atoms with Crippen LogP contribution in [0.15, 0.2) is 48.0 Å². The van der Waals surface area contributed by atoms with Crippen molar-refractivity contribution < 1.29 is 24.2 Å². The first-order valence-electron chi connectivity index (χ1n) is 12.9. The normalized spacial score (nSPS) is 18.7. The van der Waals surface area contributed by atoms with E-state index in [1.165, 1.54) is 16.2 Å². The number of rotatable bonds is 7. The summed E-state index contributed by atoms with van der Waals surface area (Å²) in [5, 5.41) is 15.8. The Hall–Kier alpha value is -3.72. The molecule has 3 aromatic rings. The van der Waals surface area contributed by atoms with E-state index in [0.29, 0.717) is 33.3 Å². The van der Waals surface area contributed by atoms with Gasteiger partial charge in [0.15, 0.2) is 10.7 Å². The Morgan fingerprint density at radius 1 is 1.21 bits per heavy atom. The number of carboxylic acid groups (broad SMARTS) is 1. The molecule has 0 spiro atoms. The lowest BCUT2D eigenvalue weighted by Gasteiger charge is -2.39. The van der Waals surface area contributed by atoms with Crippen LogP contribution in [0, 0.1) is 5.92 Å². The summed E-state index contributed by atoms with van der Waals surface area (Å²) in [5.74, 6) is -2.12. The Morgan fingerprint density at radius 3 is 2.49 bits per heavy atom. The average molecular weight is 550 g/mol. The smallest absolute Gasteiger partial charge is 0.330 e. The molecule has 2 N–H and O–H groups in total. The summed E-state index contributed by atoms with van der Waals surface area (Å²) < 4.78 is 5.64. The van der Waals surface area contributed by atoms with Gasteiger partial charge in [-0.05, 0) is 53.1 Å². The van der Waals surface area contributed by atoms with Crippen LogP contribution in [-0.4, -0.2) is 40.5 Å². The van der Waals surface area contributed by atoms with E-state index in [1.54, 1.807) is 55.9 Å². The molecule has 0 radical (unpaired) electrons. The zero-order chi connectivity index (χ0) is 28.7. The second-order valence-corrected chi connectivity index (χ2v) is 12.3. The van der Waals surface area contributed by atoms with Crippen molar-refractivity contribution in [3.63, 3.8) is 0 Å². The van der Waals surface area contributed by atoms with E-state index in [-0.39, 0.29) is 17.8 Å². The Kier molecular flexibility index (Phi) is 7.58. The van der Waals surface area contributed by atoms with Gasteiger partial charge in [0.25, 0.3) is 11.8 Å². The number of nitrogens with zero attached hydrogens (tertiary/aromatic N) is 2. The molecule has 0 saturated heterocycles. The molecular formula is C30H35N3O5S. The van der Waals surface area contributed by atoms with Crippen molar-refractivity contribution in [3.05, 3.63) is 70.2 Å².